The molecule has 0 saturated carbocycles. The summed E-state index contributed by atoms with van der Waals surface area (Å²) in [6.07, 6.45) is 12.2. The Balaban J connectivity index is 1.20. The first-order chi connectivity index (χ1) is 16.7. The van der Waals surface area contributed by atoms with E-state index in [2.05, 4.69) is 39.3 Å². The van der Waals surface area contributed by atoms with E-state index in [0.29, 0.717) is 30.6 Å². The minimum atomic E-state index is -0.0906. The smallest absolute Gasteiger partial charge is 0.145 e. The van der Waals surface area contributed by atoms with Crippen LogP contribution >= 0.6 is 0 Å². The number of hydrogen-bond donors (Lipinski definition) is 1. The van der Waals surface area contributed by atoms with Crippen LogP contribution in [0.4, 0.5) is 0 Å². The normalized spacial score (nSPS) is 24.2. The van der Waals surface area contributed by atoms with Gasteiger partial charge in [-0.1, -0.05) is 13.0 Å². The fourth-order valence-corrected chi connectivity index (χ4v) is 4.75. The average molecular weight is 461 g/mol. The molecular weight excluding hydrogens is 428 g/mol. The van der Waals surface area contributed by atoms with Gasteiger partial charge in [0.25, 0.3) is 0 Å². The molecule has 8 nitrogen and oxygen atoms in total. The number of aliphatic imine (C=N–C) groups is 2. The van der Waals surface area contributed by atoms with Gasteiger partial charge in [0, 0.05) is 36.9 Å². The molecule has 2 saturated heterocycles. The minimum Gasteiger partial charge on any atom is -0.484 e. The SMILES string of the molecule is CCC(C=NC1CC(c2ccc(OC3COC3)c(C#N)c2)C=N1)c1cnn(C2CCNCC2)c1. The standard InChI is InChI=1S/C26H32N6O2/c1-2-18(22-14-31-32(15-22)23-5-7-28-8-6-23)12-29-26-10-21(13-30-26)19-3-4-25(20(9-19)11-27)34-24-16-33-17-24/h3-4,9,12-15,18,21,23-24,26,28H,2,5-8,10,16-17H2,1H3. The van der Waals surface area contributed by atoms with Crippen molar-refractivity contribution in [1.29, 1.82) is 5.26 Å². The van der Waals surface area contributed by atoms with Gasteiger partial charge in [0.1, 0.15) is 24.1 Å². The summed E-state index contributed by atoms with van der Waals surface area (Å²) >= 11 is 0. The summed E-state index contributed by atoms with van der Waals surface area (Å²) < 4.78 is 13.1. The topological polar surface area (TPSA) is 96.8 Å². The van der Waals surface area contributed by atoms with E-state index in [1.54, 1.807) is 0 Å². The summed E-state index contributed by atoms with van der Waals surface area (Å²) in [5, 5.41) is 17.6. The summed E-state index contributed by atoms with van der Waals surface area (Å²) in [5.74, 6) is 1.01. The van der Waals surface area contributed by atoms with Crippen LogP contribution in [0.5, 0.6) is 5.75 Å². The Hall–Kier alpha value is -3.02. The molecule has 0 radical (unpaired) electrons. The number of hydrogen-bond acceptors (Lipinski definition) is 7. The maximum atomic E-state index is 9.58. The van der Waals surface area contributed by atoms with Crippen molar-refractivity contribution in [2.75, 3.05) is 26.3 Å². The van der Waals surface area contributed by atoms with Gasteiger partial charge in [-0.15, -0.1) is 0 Å². The Labute approximate surface area is 200 Å². The van der Waals surface area contributed by atoms with Crippen molar-refractivity contribution in [3.63, 3.8) is 0 Å². The molecule has 8 heteroatoms. The van der Waals surface area contributed by atoms with Crippen LogP contribution in [0.3, 0.4) is 0 Å². The predicted molar refractivity (Wildman–Crippen MR) is 131 cm³/mol. The number of piperidine rings is 1. The molecule has 2 fully saturated rings. The van der Waals surface area contributed by atoms with E-state index >= 15 is 0 Å². The van der Waals surface area contributed by atoms with E-state index in [-0.39, 0.29) is 24.1 Å². The number of nitrogens with one attached hydrogen (secondary N) is 1. The molecule has 5 rings (SSSR count). The second kappa shape index (κ2) is 10.5. The van der Waals surface area contributed by atoms with Crippen molar-refractivity contribution in [2.45, 2.75) is 62.8 Å². The number of nitriles is 1. The van der Waals surface area contributed by atoms with Crippen LogP contribution in [0.25, 0.3) is 0 Å². The third-order valence-corrected chi connectivity index (χ3v) is 6.97. The zero-order valence-corrected chi connectivity index (χ0v) is 19.6. The Bertz CT molecular complexity index is 1080. The minimum absolute atomic E-state index is 0.0444. The molecule has 3 unspecified atom stereocenters. The molecule has 1 N–H and O–H groups in total. The third kappa shape index (κ3) is 5.06. The van der Waals surface area contributed by atoms with Gasteiger partial charge in [-0.05, 0) is 55.6 Å². The van der Waals surface area contributed by atoms with E-state index in [1.807, 2.05) is 36.8 Å². The van der Waals surface area contributed by atoms with E-state index in [4.69, 9.17) is 14.5 Å². The summed E-state index contributed by atoms with van der Waals surface area (Å²) in [6.45, 7) is 5.46. The Morgan fingerprint density at radius 2 is 2.21 bits per heavy atom. The largest absolute Gasteiger partial charge is 0.484 e. The van der Waals surface area contributed by atoms with Crippen molar-refractivity contribution in [1.82, 2.24) is 15.1 Å². The van der Waals surface area contributed by atoms with E-state index < -0.39 is 0 Å². The number of aromatic nitrogens is 2. The summed E-state index contributed by atoms with van der Waals surface area (Å²) in [5.41, 5.74) is 2.85. The van der Waals surface area contributed by atoms with E-state index in [9.17, 15) is 5.26 Å². The highest BCUT2D eigenvalue weighted by molar-refractivity contribution is 5.72. The molecule has 0 aliphatic carbocycles. The summed E-state index contributed by atoms with van der Waals surface area (Å²) in [7, 11) is 0. The Morgan fingerprint density at radius 1 is 1.35 bits per heavy atom. The fourth-order valence-electron chi connectivity index (χ4n) is 4.75. The monoisotopic (exact) mass is 460 g/mol. The third-order valence-electron chi connectivity index (χ3n) is 6.97. The van der Waals surface area contributed by atoms with Crippen LogP contribution < -0.4 is 10.1 Å². The van der Waals surface area contributed by atoms with E-state index in [1.165, 1.54) is 5.56 Å². The molecule has 3 aliphatic rings. The maximum absolute atomic E-state index is 9.58. The Morgan fingerprint density at radius 3 is 2.94 bits per heavy atom. The molecule has 3 atom stereocenters. The highest BCUT2D eigenvalue weighted by Crippen LogP contribution is 2.31. The number of nitrogens with zero attached hydrogens (tertiary/aromatic N) is 5. The van der Waals surface area contributed by atoms with Gasteiger partial charge in [-0.2, -0.15) is 10.4 Å². The first-order valence-corrected chi connectivity index (χ1v) is 12.3. The second-order valence-corrected chi connectivity index (χ2v) is 9.31. The van der Waals surface area contributed by atoms with Crippen LogP contribution in [0.2, 0.25) is 0 Å². The lowest BCUT2D eigenvalue weighted by molar-refractivity contribution is -0.0797. The van der Waals surface area contributed by atoms with Gasteiger partial charge >= 0.3 is 0 Å². The zero-order valence-electron chi connectivity index (χ0n) is 19.6. The second-order valence-electron chi connectivity index (χ2n) is 9.31. The first-order valence-electron chi connectivity index (χ1n) is 12.3. The van der Waals surface area contributed by atoms with Crippen LogP contribution in [0.15, 0.2) is 40.6 Å². The van der Waals surface area contributed by atoms with Crippen LogP contribution in [-0.4, -0.2) is 60.8 Å². The number of ether oxygens (including phenoxy) is 2. The molecule has 1 aromatic heterocycles. The fraction of sp³-hybridized carbons (Fsp3) is 0.538. The molecule has 0 amide bonds. The van der Waals surface area contributed by atoms with Gasteiger partial charge < -0.3 is 14.8 Å². The van der Waals surface area contributed by atoms with Crippen molar-refractivity contribution in [2.24, 2.45) is 9.98 Å². The molecule has 0 bridgehead atoms. The Kier molecular flexibility index (Phi) is 7.02. The number of benzene rings is 1. The van der Waals surface area contributed by atoms with Crippen LogP contribution in [0, 0.1) is 11.3 Å². The van der Waals surface area contributed by atoms with Crippen LogP contribution in [0.1, 0.15) is 67.2 Å². The molecule has 3 aliphatic heterocycles. The maximum Gasteiger partial charge on any atom is 0.145 e. The summed E-state index contributed by atoms with van der Waals surface area (Å²) in [6, 6.07) is 8.59. The molecule has 2 aromatic rings. The zero-order chi connectivity index (χ0) is 23.3. The van der Waals surface area contributed by atoms with Gasteiger partial charge in [-0.25, -0.2) is 0 Å². The van der Waals surface area contributed by atoms with Crippen molar-refractivity contribution in [3.05, 3.63) is 47.3 Å². The predicted octanol–water partition coefficient (Wildman–Crippen LogP) is 3.61. The lowest BCUT2D eigenvalue weighted by Crippen LogP contribution is -2.38. The van der Waals surface area contributed by atoms with Crippen molar-refractivity contribution < 1.29 is 9.47 Å². The highest BCUT2D eigenvalue weighted by Gasteiger charge is 2.25. The quantitative estimate of drug-likeness (QED) is 0.607. The molecule has 1 aromatic carbocycles. The van der Waals surface area contributed by atoms with Crippen molar-refractivity contribution >= 4 is 12.4 Å². The van der Waals surface area contributed by atoms with Gasteiger partial charge in [0.15, 0.2) is 0 Å². The van der Waals surface area contributed by atoms with Gasteiger partial charge in [-0.3, -0.25) is 14.7 Å². The lowest BCUT2D eigenvalue weighted by atomic mass is 9.96. The molecule has 34 heavy (non-hydrogen) atoms. The van der Waals surface area contributed by atoms with Crippen molar-refractivity contribution in [3.8, 4) is 11.8 Å². The van der Waals surface area contributed by atoms with Gasteiger partial charge in [0.2, 0.25) is 0 Å². The van der Waals surface area contributed by atoms with Crippen LogP contribution in [-0.2, 0) is 4.74 Å². The van der Waals surface area contributed by atoms with E-state index in [0.717, 1.165) is 44.3 Å². The summed E-state index contributed by atoms with van der Waals surface area (Å²) in [4.78, 5) is 9.45. The number of rotatable bonds is 8. The highest BCUT2D eigenvalue weighted by atomic mass is 16.6. The van der Waals surface area contributed by atoms with Gasteiger partial charge in [0.05, 0.1) is 31.0 Å². The average Bonchev–Trinajstić information content (AvgIpc) is 3.53. The first kappa shape index (κ1) is 22.8. The molecule has 4 heterocycles. The molecule has 0 spiro atoms. The molecular formula is C26H32N6O2. The molecule has 178 valence electrons. The lowest BCUT2D eigenvalue weighted by Gasteiger charge is -2.27.